The summed E-state index contributed by atoms with van der Waals surface area (Å²) in [5.74, 6) is 0.256. The second-order valence-corrected chi connectivity index (χ2v) is 6.37. The average Bonchev–Trinajstić information content (AvgIpc) is 2.62. The Morgan fingerprint density at radius 3 is 2.76 bits per heavy atom. The van der Waals surface area contributed by atoms with Crippen LogP contribution in [0.3, 0.4) is 0 Å². The van der Waals surface area contributed by atoms with Crippen LogP contribution in [0.15, 0.2) is 24.3 Å². The molecular formula is C19H29NO5. The normalized spacial score (nSPS) is 19.4. The van der Waals surface area contributed by atoms with Gasteiger partial charge < -0.3 is 19.7 Å². The Morgan fingerprint density at radius 2 is 2.08 bits per heavy atom. The fourth-order valence-electron chi connectivity index (χ4n) is 3.19. The van der Waals surface area contributed by atoms with Crippen molar-refractivity contribution >= 4 is 5.97 Å². The molecule has 1 aromatic carbocycles. The summed E-state index contributed by atoms with van der Waals surface area (Å²) in [6.45, 7) is 3.99. The van der Waals surface area contributed by atoms with Crippen LogP contribution in [0.25, 0.3) is 0 Å². The maximum atomic E-state index is 11.6. The van der Waals surface area contributed by atoms with E-state index in [0.29, 0.717) is 30.5 Å². The summed E-state index contributed by atoms with van der Waals surface area (Å²) in [5, 5.41) is 19.4. The fourth-order valence-corrected chi connectivity index (χ4v) is 3.19. The summed E-state index contributed by atoms with van der Waals surface area (Å²) in [6.07, 6.45) is 3.54. The van der Waals surface area contributed by atoms with Crippen LogP contribution in [0.1, 0.15) is 43.0 Å². The molecule has 140 valence electrons. The summed E-state index contributed by atoms with van der Waals surface area (Å²) in [5.41, 5.74) is 0.481. The highest BCUT2D eigenvalue weighted by atomic mass is 16.5. The van der Waals surface area contributed by atoms with Gasteiger partial charge in [0.15, 0.2) is 0 Å². The van der Waals surface area contributed by atoms with Gasteiger partial charge in [0.25, 0.3) is 0 Å². The minimum atomic E-state index is -0.593. The van der Waals surface area contributed by atoms with E-state index < -0.39 is 6.10 Å². The smallest absolute Gasteiger partial charge is 0.338 e. The largest absolute Gasteiger partial charge is 0.491 e. The van der Waals surface area contributed by atoms with E-state index in [1.54, 1.807) is 31.2 Å². The third-order valence-electron chi connectivity index (χ3n) is 4.46. The second kappa shape index (κ2) is 10.4. The molecule has 1 saturated heterocycles. The third-order valence-corrected chi connectivity index (χ3v) is 4.46. The number of carbonyl (C=O) groups is 1. The maximum absolute atomic E-state index is 11.6. The number of likely N-dealkylation sites (tertiary alicyclic amines) is 1. The molecule has 0 bridgehead atoms. The Labute approximate surface area is 149 Å². The molecule has 1 aliphatic rings. The number of hydrogen-bond donors (Lipinski definition) is 2. The summed E-state index contributed by atoms with van der Waals surface area (Å²) in [4.78, 5) is 13.8. The molecule has 0 radical (unpaired) electrons. The molecule has 1 aliphatic heterocycles. The van der Waals surface area contributed by atoms with Gasteiger partial charge in [0.2, 0.25) is 0 Å². The molecule has 25 heavy (non-hydrogen) atoms. The van der Waals surface area contributed by atoms with Gasteiger partial charge in [0.1, 0.15) is 18.5 Å². The van der Waals surface area contributed by atoms with E-state index in [1.165, 1.54) is 6.42 Å². The molecule has 2 atom stereocenters. The number of piperidine rings is 1. The first-order valence-electron chi connectivity index (χ1n) is 9.07. The predicted molar refractivity (Wildman–Crippen MR) is 94.8 cm³/mol. The van der Waals surface area contributed by atoms with Gasteiger partial charge >= 0.3 is 5.97 Å². The zero-order valence-electron chi connectivity index (χ0n) is 14.9. The van der Waals surface area contributed by atoms with Gasteiger partial charge in [-0.3, -0.25) is 4.90 Å². The highest BCUT2D eigenvalue weighted by Crippen LogP contribution is 2.20. The molecule has 6 nitrogen and oxygen atoms in total. The van der Waals surface area contributed by atoms with Crippen molar-refractivity contribution in [2.45, 2.75) is 44.8 Å². The molecule has 6 heteroatoms. The van der Waals surface area contributed by atoms with E-state index in [2.05, 4.69) is 4.90 Å². The number of aliphatic hydroxyl groups is 2. The first-order chi connectivity index (χ1) is 12.1. The van der Waals surface area contributed by atoms with Crippen molar-refractivity contribution in [2.75, 3.05) is 32.9 Å². The van der Waals surface area contributed by atoms with Crippen molar-refractivity contribution in [2.24, 2.45) is 0 Å². The fraction of sp³-hybridized carbons (Fsp3) is 0.632. The first kappa shape index (κ1) is 19.7. The van der Waals surface area contributed by atoms with Crippen molar-refractivity contribution < 1.29 is 24.5 Å². The Hall–Kier alpha value is -1.63. The molecular weight excluding hydrogens is 322 g/mol. The van der Waals surface area contributed by atoms with Gasteiger partial charge in [0.05, 0.1) is 12.2 Å². The minimum absolute atomic E-state index is 0.181. The molecule has 0 spiro atoms. The number of nitrogens with zero attached hydrogens (tertiary/aromatic N) is 1. The minimum Gasteiger partial charge on any atom is -0.491 e. The van der Waals surface area contributed by atoms with Crippen LogP contribution in [0.2, 0.25) is 0 Å². The van der Waals surface area contributed by atoms with Crippen LogP contribution < -0.4 is 4.74 Å². The first-order valence-corrected chi connectivity index (χ1v) is 9.07. The molecule has 1 fully saturated rings. The lowest BCUT2D eigenvalue weighted by molar-refractivity contribution is 0.0332. The Bertz CT molecular complexity index is 517. The summed E-state index contributed by atoms with van der Waals surface area (Å²) < 4.78 is 10.6. The van der Waals surface area contributed by atoms with Gasteiger partial charge in [-0.05, 0) is 57.0 Å². The van der Waals surface area contributed by atoms with E-state index in [9.17, 15) is 15.0 Å². The number of hydrogen-bond acceptors (Lipinski definition) is 6. The summed E-state index contributed by atoms with van der Waals surface area (Å²) >= 11 is 0. The number of β-amino-alcohol motifs (C(OH)–C–C–N with tert-alkyl or cyclic N) is 1. The van der Waals surface area contributed by atoms with Crippen LogP contribution in [-0.4, -0.2) is 66.1 Å². The molecule has 1 aromatic rings. The van der Waals surface area contributed by atoms with E-state index in [4.69, 9.17) is 9.47 Å². The van der Waals surface area contributed by atoms with Gasteiger partial charge in [-0.15, -0.1) is 0 Å². The predicted octanol–water partition coefficient (Wildman–Crippen LogP) is 1.84. The van der Waals surface area contributed by atoms with Crippen LogP contribution in [0, 0.1) is 0 Å². The SMILES string of the molecule is CCOC(=O)c1ccc(OC[C@@H](O)CN2CCCC[C@@H]2CCO)cc1. The van der Waals surface area contributed by atoms with E-state index in [0.717, 1.165) is 25.8 Å². The highest BCUT2D eigenvalue weighted by molar-refractivity contribution is 5.89. The van der Waals surface area contributed by atoms with Crippen LogP contribution >= 0.6 is 0 Å². The second-order valence-electron chi connectivity index (χ2n) is 6.37. The molecule has 0 saturated carbocycles. The van der Waals surface area contributed by atoms with Crippen molar-refractivity contribution in [1.29, 1.82) is 0 Å². The number of aliphatic hydroxyl groups excluding tert-OH is 2. The van der Waals surface area contributed by atoms with Crippen LogP contribution in [0.4, 0.5) is 0 Å². The summed E-state index contributed by atoms with van der Waals surface area (Å²) in [6, 6.07) is 7.06. The lowest BCUT2D eigenvalue weighted by Crippen LogP contribution is -2.45. The van der Waals surface area contributed by atoms with E-state index >= 15 is 0 Å². The van der Waals surface area contributed by atoms with Gasteiger partial charge in [-0.1, -0.05) is 6.42 Å². The zero-order valence-corrected chi connectivity index (χ0v) is 14.9. The summed E-state index contributed by atoms with van der Waals surface area (Å²) in [7, 11) is 0. The Balaban J connectivity index is 1.79. The zero-order chi connectivity index (χ0) is 18.1. The highest BCUT2D eigenvalue weighted by Gasteiger charge is 2.24. The molecule has 0 aliphatic carbocycles. The number of ether oxygens (including phenoxy) is 2. The standard InChI is InChI=1S/C19H29NO5/c1-2-24-19(23)15-6-8-18(9-7-15)25-14-17(22)13-20-11-4-3-5-16(20)10-12-21/h6-9,16-17,21-22H,2-5,10-14H2,1H3/t16-,17+/m1/s1. The molecule has 0 unspecified atom stereocenters. The van der Waals surface area contributed by atoms with Crippen LogP contribution in [0.5, 0.6) is 5.75 Å². The van der Waals surface area contributed by atoms with Gasteiger partial charge in [-0.25, -0.2) is 4.79 Å². The van der Waals surface area contributed by atoms with Crippen molar-refractivity contribution in [3.63, 3.8) is 0 Å². The molecule has 2 rings (SSSR count). The Kier molecular flexibility index (Phi) is 8.18. The van der Waals surface area contributed by atoms with E-state index in [1.807, 2.05) is 0 Å². The maximum Gasteiger partial charge on any atom is 0.338 e. The lowest BCUT2D eigenvalue weighted by Gasteiger charge is -2.36. The molecule has 2 N–H and O–H groups in total. The molecule has 0 aromatic heterocycles. The van der Waals surface area contributed by atoms with E-state index in [-0.39, 0.29) is 19.2 Å². The average molecular weight is 351 g/mol. The monoisotopic (exact) mass is 351 g/mol. The third kappa shape index (κ3) is 6.30. The molecule has 1 heterocycles. The quantitative estimate of drug-likeness (QED) is 0.661. The number of esters is 1. The van der Waals surface area contributed by atoms with Gasteiger partial charge in [0, 0.05) is 19.2 Å². The van der Waals surface area contributed by atoms with Crippen LogP contribution in [-0.2, 0) is 4.74 Å². The number of rotatable bonds is 9. The van der Waals surface area contributed by atoms with Crippen molar-refractivity contribution in [3.8, 4) is 5.75 Å². The topological polar surface area (TPSA) is 79.2 Å². The van der Waals surface area contributed by atoms with Crippen molar-refractivity contribution in [1.82, 2.24) is 4.90 Å². The number of benzene rings is 1. The lowest BCUT2D eigenvalue weighted by atomic mass is 9.99. The van der Waals surface area contributed by atoms with Gasteiger partial charge in [-0.2, -0.15) is 0 Å². The van der Waals surface area contributed by atoms with Crippen molar-refractivity contribution in [3.05, 3.63) is 29.8 Å². The number of carbonyl (C=O) groups excluding carboxylic acids is 1. The molecule has 0 amide bonds. The Morgan fingerprint density at radius 1 is 1.32 bits per heavy atom.